The fraction of sp³-hybridized carbons (Fsp3) is 0.440. The van der Waals surface area contributed by atoms with Gasteiger partial charge in [-0.1, -0.05) is 0 Å². The number of amides is 2. The Balaban J connectivity index is 1.44. The van der Waals surface area contributed by atoms with Gasteiger partial charge in [0.25, 0.3) is 11.8 Å². The van der Waals surface area contributed by atoms with Gasteiger partial charge in [0.05, 0.1) is 12.1 Å². The number of nitrogens with one attached hydrogen (secondary N) is 2. The molecule has 204 valence electrons. The molecule has 2 bridgehead atoms. The summed E-state index contributed by atoms with van der Waals surface area (Å²) in [5.74, 6) is -6.00. The lowest BCUT2D eigenvalue weighted by molar-refractivity contribution is -0.275. The number of alkyl halides is 5. The number of benzene rings is 1. The number of anilines is 2. The Morgan fingerprint density at radius 1 is 1.03 bits per heavy atom. The number of piperidine rings is 1. The standard InChI is InChI=1S/C25H26F5N5O3/c1-13(36)15-3-7-21(32-11-15)35-17-4-5-18(35)10-16(9-17)34-23(38)14-2-6-19(22(31)37)20(8-14)33-12-24(26,27)25(28,29)30/h2-3,6-8,11,16-18,33H,4-5,9-10,12H2,1H3,(H2,31,37)(H,34,38)/t16-,17+,18-. The molecule has 0 radical (unpaired) electrons. The summed E-state index contributed by atoms with van der Waals surface area (Å²) >= 11 is 0. The van der Waals surface area contributed by atoms with E-state index in [4.69, 9.17) is 5.73 Å². The zero-order chi connectivity index (χ0) is 27.8. The Morgan fingerprint density at radius 3 is 2.18 bits per heavy atom. The molecule has 1 aromatic heterocycles. The molecule has 0 unspecified atom stereocenters. The number of hydrogen-bond acceptors (Lipinski definition) is 6. The first-order chi connectivity index (χ1) is 17.8. The van der Waals surface area contributed by atoms with E-state index in [2.05, 4.69) is 15.2 Å². The first-order valence-electron chi connectivity index (χ1n) is 12.0. The molecule has 2 fully saturated rings. The van der Waals surface area contributed by atoms with E-state index >= 15 is 0 Å². The number of halogens is 5. The number of nitrogens with two attached hydrogens (primary N) is 1. The normalized spacial score (nSPS) is 21.2. The summed E-state index contributed by atoms with van der Waals surface area (Å²) in [4.78, 5) is 42.8. The molecule has 2 aromatic rings. The molecule has 4 rings (SSSR count). The fourth-order valence-corrected chi connectivity index (χ4v) is 5.04. The second-order valence-corrected chi connectivity index (χ2v) is 9.58. The highest BCUT2D eigenvalue weighted by atomic mass is 19.4. The Labute approximate surface area is 214 Å². The Hall–Kier alpha value is -3.77. The highest BCUT2D eigenvalue weighted by Crippen LogP contribution is 2.39. The van der Waals surface area contributed by atoms with E-state index in [1.165, 1.54) is 19.2 Å². The van der Waals surface area contributed by atoms with Gasteiger partial charge in [0, 0.05) is 41.1 Å². The third-order valence-corrected chi connectivity index (χ3v) is 6.95. The Kier molecular flexibility index (Phi) is 7.31. The molecular weight excluding hydrogens is 513 g/mol. The quantitative estimate of drug-likeness (QED) is 0.346. The monoisotopic (exact) mass is 539 g/mol. The minimum atomic E-state index is -5.79. The van der Waals surface area contributed by atoms with Crippen molar-refractivity contribution >= 4 is 29.1 Å². The number of ketones is 1. The number of primary amides is 1. The predicted octanol–water partition coefficient (Wildman–Crippen LogP) is 3.92. The van der Waals surface area contributed by atoms with Gasteiger partial charge in [0.15, 0.2) is 5.78 Å². The Morgan fingerprint density at radius 2 is 1.66 bits per heavy atom. The van der Waals surface area contributed by atoms with Gasteiger partial charge >= 0.3 is 12.1 Å². The van der Waals surface area contributed by atoms with E-state index in [0.717, 1.165) is 30.8 Å². The van der Waals surface area contributed by atoms with E-state index in [1.807, 2.05) is 5.32 Å². The molecule has 13 heteroatoms. The maximum absolute atomic E-state index is 13.4. The van der Waals surface area contributed by atoms with Crippen LogP contribution in [0.1, 0.15) is 63.7 Å². The zero-order valence-corrected chi connectivity index (χ0v) is 20.3. The molecule has 2 saturated heterocycles. The van der Waals surface area contributed by atoms with Crippen molar-refractivity contribution in [3.63, 3.8) is 0 Å². The van der Waals surface area contributed by atoms with Crippen LogP contribution in [-0.2, 0) is 0 Å². The topological polar surface area (TPSA) is 117 Å². The molecule has 0 spiro atoms. The van der Waals surface area contributed by atoms with Crippen LogP contribution in [0, 0.1) is 0 Å². The number of aromatic nitrogens is 1. The second kappa shape index (κ2) is 10.2. The van der Waals surface area contributed by atoms with Gasteiger partial charge in [-0.3, -0.25) is 14.4 Å². The number of carbonyl (C=O) groups is 3. The lowest BCUT2D eigenvalue weighted by Crippen LogP contribution is -2.50. The summed E-state index contributed by atoms with van der Waals surface area (Å²) in [6.07, 6.45) is -1.25. The van der Waals surface area contributed by atoms with Crippen molar-refractivity contribution in [1.29, 1.82) is 0 Å². The first kappa shape index (κ1) is 27.3. The van der Waals surface area contributed by atoms with Crippen molar-refractivity contribution in [3.05, 3.63) is 53.2 Å². The van der Waals surface area contributed by atoms with Crippen molar-refractivity contribution in [2.24, 2.45) is 5.73 Å². The maximum Gasteiger partial charge on any atom is 0.455 e. The number of hydrogen-bond donors (Lipinski definition) is 3. The molecule has 3 atom stereocenters. The smallest absolute Gasteiger partial charge is 0.378 e. The molecule has 0 saturated carbocycles. The van der Waals surface area contributed by atoms with Crippen LogP contribution in [-0.4, -0.2) is 59.4 Å². The molecule has 3 heterocycles. The summed E-state index contributed by atoms with van der Waals surface area (Å²) < 4.78 is 64.5. The van der Waals surface area contributed by atoms with Crippen molar-refractivity contribution in [2.45, 2.75) is 62.8 Å². The molecule has 1 aromatic carbocycles. The number of carbonyl (C=O) groups excluding carboxylic acids is 3. The Bertz CT molecular complexity index is 1220. The van der Waals surface area contributed by atoms with Gasteiger partial charge in [-0.25, -0.2) is 4.98 Å². The van der Waals surface area contributed by atoms with Crippen LogP contribution in [0.25, 0.3) is 0 Å². The first-order valence-corrected chi connectivity index (χ1v) is 12.0. The summed E-state index contributed by atoms with van der Waals surface area (Å²) in [5, 5.41) is 4.82. The number of fused-ring (bicyclic) bond motifs is 2. The van der Waals surface area contributed by atoms with Gasteiger partial charge in [0.2, 0.25) is 0 Å². The molecule has 2 aliphatic rings. The minimum absolute atomic E-state index is 0.0240. The summed E-state index contributed by atoms with van der Waals surface area (Å²) in [5.41, 5.74) is 4.99. The lowest BCUT2D eigenvalue weighted by atomic mass is 9.96. The van der Waals surface area contributed by atoms with E-state index in [9.17, 15) is 36.3 Å². The minimum Gasteiger partial charge on any atom is -0.378 e. The molecule has 38 heavy (non-hydrogen) atoms. The maximum atomic E-state index is 13.4. The van der Waals surface area contributed by atoms with Crippen molar-refractivity contribution in [3.8, 4) is 0 Å². The fourth-order valence-electron chi connectivity index (χ4n) is 5.04. The predicted molar refractivity (Wildman–Crippen MR) is 128 cm³/mol. The van der Waals surface area contributed by atoms with Gasteiger partial charge in [0.1, 0.15) is 5.82 Å². The zero-order valence-electron chi connectivity index (χ0n) is 20.3. The lowest BCUT2D eigenvalue weighted by Gasteiger charge is -2.40. The van der Waals surface area contributed by atoms with Crippen LogP contribution in [0.3, 0.4) is 0 Å². The highest BCUT2D eigenvalue weighted by molar-refractivity contribution is 6.02. The number of rotatable bonds is 8. The SMILES string of the molecule is CC(=O)c1ccc(N2[C@@H]3CC[C@H]2C[C@@H](NC(=O)c2ccc(C(N)=O)c(NCC(F)(F)C(F)(F)F)c2)C3)nc1. The summed E-state index contributed by atoms with van der Waals surface area (Å²) in [6, 6.07) is 6.92. The van der Waals surface area contributed by atoms with Crippen LogP contribution < -0.4 is 21.3 Å². The van der Waals surface area contributed by atoms with Gasteiger partial charge in [-0.2, -0.15) is 22.0 Å². The van der Waals surface area contributed by atoms with Crippen molar-refractivity contribution < 1.29 is 36.3 Å². The van der Waals surface area contributed by atoms with Crippen LogP contribution in [0.4, 0.5) is 33.5 Å². The third kappa shape index (κ3) is 5.55. The molecular formula is C25H26F5N5O3. The average Bonchev–Trinajstić information content (AvgIpc) is 3.11. The highest BCUT2D eigenvalue weighted by Gasteiger charge is 2.57. The van der Waals surface area contributed by atoms with Crippen LogP contribution in [0.5, 0.6) is 0 Å². The van der Waals surface area contributed by atoms with E-state index in [1.54, 1.807) is 12.1 Å². The van der Waals surface area contributed by atoms with Crippen molar-refractivity contribution in [1.82, 2.24) is 10.3 Å². The van der Waals surface area contributed by atoms with E-state index in [0.29, 0.717) is 18.4 Å². The molecule has 2 aliphatic heterocycles. The molecule has 8 nitrogen and oxygen atoms in total. The molecule has 0 aliphatic carbocycles. The van der Waals surface area contributed by atoms with Crippen LogP contribution in [0.2, 0.25) is 0 Å². The number of nitrogens with zero attached hydrogens (tertiary/aromatic N) is 2. The van der Waals surface area contributed by atoms with Gasteiger partial charge in [-0.05, 0) is 62.9 Å². The van der Waals surface area contributed by atoms with E-state index in [-0.39, 0.29) is 35.0 Å². The van der Waals surface area contributed by atoms with Gasteiger partial charge < -0.3 is 21.3 Å². The third-order valence-electron chi connectivity index (χ3n) is 6.95. The summed E-state index contributed by atoms with van der Waals surface area (Å²) in [6.45, 7) is -0.363. The van der Waals surface area contributed by atoms with Crippen LogP contribution >= 0.6 is 0 Å². The van der Waals surface area contributed by atoms with Gasteiger partial charge in [-0.15, -0.1) is 0 Å². The molecule has 2 amide bonds. The average molecular weight is 540 g/mol. The summed E-state index contributed by atoms with van der Waals surface area (Å²) in [7, 11) is 0. The second-order valence-electron chi connectivity index (χ2n) is 9.58. The van der Waals surface area contributed by atoms with Crippen molar-refractivity contribution in [2.75, 3.05) is 16.8 Å². The van der Waals surface area contributed by atoms with E-state index < -0.39 is 36.1 Å². The van der Waals surface area contributed by atoms with Crippen LogP contribution in [0.15, 0.2) is 36.5 Å². The largest absolute Gasteiger partial charge is 0.455 e. The number of Topliss-reactive ketones (excluding diaryl/α,β-unsaturated/α-hetero) is 1. The number of pyridine rings is 1. The molecule has 4 N–H and O–H groups in total.